The molecule has 1 N–H and O–H groups in total. The lowest BCUT2D eigenvalue weighted by molar-refractivity contribution is 0.139. The van der Waals surface area contributed by atoms with Gasteiger partial charge in [-0.15, -0.1) is 0 Å². The SMILES string of the molecule is C=COCCCCOC(=O)NCCCS(OCC)(OCC)OCC. The molecular weight excluding hydrogens is 334 g/mol. The molecule has 0 rings (SSSR count). The van der Waals surface area contributed by atoms with E-state index in [0.717, 1.165) is 12.8 Å². The molecule has 0 unspecified atom stereocenters. The van der Waals surface area contributed by atoms with Crippen molar-refractivity contribution in [2.45, 2.75) is 40.0 Å². The van der Waals surface area contributed by atoms with Crippen molar-refractivity contribution in [1.82, 2.24) is 5.32 Å². The first-order valence-electron chi connectivity index (χ1n) is 8.51. The van der Waals surface area contributed by atoms with Crippen molar-refractivity contribution in [3.05, 3.63) is 12.8 Å². The number of nitrogens with one attached hydrogen (secondary N) is 1. The van der Waals surface area contributed by atoms with Gasteiger partial charge in [-0.2, -0.15) is 0 Å². The second-order valence-electron chi connectivity index (χ2n) is 4.64. The van der Waals surface area contributed by atoms with Gasteiger partial charge in [-0.25, -0.2) is 4.79 Å². The molecule has 0 spiro atoms. The van der Waals surface area contributed by atoms with Crippen LogP contribution in [0.2, 0.25) is 0 Å². The quantitative estimate of drug-likeness (QED) is 0.331. The van der Waals surface area contributed by atoms with Crippen LogP contribution in [-0.2, 0) is 22.0 Å². The molecule has 24 heavy (non-hydrogen) atoms. The van der Waals surface area contributed by atoms with E-state index in [1.165, 1.54) is 6.26 Å². The van der Waals surface area contributed by atoms with Crippen molar-refractivity contribution in [3.8, 4) is 0 Å². The number of carbonyl (C=O) groups excluding carboxylic acids is 1. The number of alkyl carbamates (subject to hydrolysis) is 1. The van der Waals surface area contributed by atoms with Crippen molar-refractivity contribution in [2.75, 3.05) is 45.3 Å². The van der Waals surface area contributed by atoms with Gasteiger partial charge in [0.1, 0.15) is 0 Å². The lowest BCUT2D eigenvalue weighted by Crippen LogP contribution is -2.27. The molecule has 0 aromatic heterocycles. The Morgan fingerprint density at radius 2 is 1.58 bits per heavy atom. The van der Waals surface area contributed by atoms with Crippen LogP contribution in [0, 0.1) is 0 Å². The van der Waals surface area contributed by atoms with E-state index in [2.05, 4.69) is 11.9 Å². The Hall–Kier alpha value is -0.960. The Morgan fingerprint density at radius 3 is 2.12 bits per heavy atom. The van der Waals surface area contributed by atoms with Crippen LogP contribution in [0.15, 0.2) is 12.8 Å². The predicted octanol–water partition coefficient (Wildman–Crippen LogP) is 3.70. The highest BCUT2D eigenvalue weighted by molar-refractivity contribution is 8.21. The Morgan fingerprint density at radius 1 is 1.00 bits per heavy atom. The first-order chi connectivity index (χ1) is 11.6. The standard InChI is InChI=1S/C16H33NO6S/c1-5-19-13-9-10-14-20-16(18)17-12-11-15-24(21-6-2,22-7-3)23-8-4/h5H,1,6-15H2,2-4H3,(H,17,18). The molecule has 0 aliphatic carbocycles. The van der Waals surface area contributed by atoms with Crippen LogP contribution >= 0.6 is 10.9 Å². The Kier molecular flexibility index (Phi) is 14.9. The molecule has 0 aliphatic heterocycles. The summed E-state index contributed by atoms with van der Waals surface area (Å²) in [6, 6.07) is 0. The van der Waals surface area contributed by atoms with Gasteiger partial charge in [0, 0.05) is 12.3 Å². The zero-order valence-corrected chi connectivity index (χ0v) is 16.0. The third-order valence-corrected chi connectivity index (χ3v) is 5.31. The van der Waals surface area contributed by atoms with Gasteiger partial charge in [0.15, 0.2) is 0 Å². The van der Waals surface area contributed by atoms with Crippen molar-refractivity contribution >= 4 is 17.0 Å². The smallest absolute Gasteiger partial charge is 0.407 e. The minimum absolute atomic E-state index is 0.373. The number of carbonyl (C=O) groups is 1. The van der Waals surface area contributed by atoms with E-state index in [0.29, 0.717) is 51.8 Å². The highest BCUT2D eigenvalue weighted by Gasteiger charge is 2.25. The fraction of sp³-hybridized carbons (Fsp3) is 0.812. The zero-order valence-electron chi connectivity index (χ0n) is 15.2. The lowest BCUT2D eigenvalue weighted by Gasteiger charge is -2.36. The maximum atomic E-state index is 11.6. The van der Waals surface area contributed by atoms with Crippen molar-refractivity contribution in [2.24, 2.45) is 0 Å². The highest BCUT2D eigenvalue weighted by Crippen LogP contribution is 2.51. The number of amides is 1. The minimum atomic E-state index is -1.99. The molecule has 1 amide bonds. The van der Waals surface area contributed by atoms with Gasteiger partial charge in [-0.1, -0.05) is 6.58 Å². The van der Waals surface area contributed by atoms with Crippen molar-refractivity contribution in [3.63, 3.8) is 0 Å². The number of hydrogen-bond donors (Lipinski definition) is 1. The molecular formula is C16H33NO6S. The maximum absolute atomic E-state index is 11.6. The van der Waals surface area contributed by atoms with Crippen LogP contribution in [0.3, 0.4) is 0 Å². The van der Waals surface area contributed by atoms with Gasteiger partial charge in [-0.05, 0) is 40.0 Å². The van der Waals surface area contributed by atoms with Crippen LogP contribution in [0.1, 0.15) is 40.0 Å². The topological polar surface area (TPSA) is 75.3 Å². The van der Waals surface area contributed by atoms with Crippen LogP contribution < -0.4 is 5.32 Å². The molecule has 0 fully saturated rings. The van der Waals surface area contributed by atoms with Gasteiger partial charge in [0.2, 0.25) is 0 Å². The van der Waals surface area contributed by atoms with Gasteiger partial charge < -0.3 is 14.8 Å². The zero-order chi connectivity index (χ0) is 18.1. The summed E-state index contributed by atoms with van der Waals surface area (Å²) in [6.45, 7) is 12.2. The fourth-order valence-electron chi connectivity index (χ4n) is 1.84. The van der Waals surface area contributed by atoms with E-state index in [4.69, 9.17) is 22.0 Å². The predicted molar refractivity (Wildman–Crippen MR) is 96.7 cm³/mol. The van der Waals surface area contributed by atoms with Crippen molar-refractivity contribution < 1.29 is 26.8 Å². The first kappa shape index (κ1) is 23.0. The molecule has 0 aromatic carbocycles. The fourth-order valence-corrected chi connectivity index (χ4v) is 3.98. The molecule has 0 heterocycles. The largest absolute Gasteiger partial charge is 0.502 e. The van der Waals surface area contributed by atoms with Gasteiger partial charge in [0.25, 0.3) is 0 Å². The van der Waals surface area contributed by atoms with Crippen LogP contribution in [0.5, 0.6) is 0 Å². The number of hydrogen-bond acceptors (Lipinski definition) is 6. The number of unbranched alkanes of at least 4 members (excludes halogenated alkanes) is 1. The van der Waals surface area contributed by atoms with Crippen LogP contribution in [0.4, 0.5) is 4.79 Å². The van der Waals surface area contributed by atoms with E-state index in [1.54, 1.807) is 0 Å². The third-order valence-electron chi connectivity index (χ3n) is 2.74. The van der Waals surface area contributed by atoms with E-state index in [9.17, 15) is 4.79 Å². The molecule has 7 nitrogen and oxygen atoms in total. The molecule has 0 aliphatic rings. The second kappa shape index (κ2) is 15.6. The van der Waals surface area contributed by atoms with Gasteiger partial charge >= 0.3 is 6.09 Å². The summed E-state index contributed by atoms with van der Waals surface area (Å²) >= 11 is 0. The third kappa shape index (κ3) is 11.6. The molecule has 0 bridgehead atoms. The summed E-state index contributed by atoms with van der Waals surface area (Å²) in [5, 5.41) is 2.72. The molecule has 144 valence electrons. The summed E-state index contributed by atoms with van der Waals surface area (Å²) in [7, 11) is -1.99. The summed E-state index contributed by atoms with van der Waals surface area (Å²) in [6.07, 6.45) is 3.26. The Labute approximate surface area is 147 Å². The van der Waals surface area contributed by atoms with E-state index in [1.807, 2.05) is 20.8 Å². The molecule has 0 saturated carbocycles. The summed E-state index contributed by atoms with van der Waals surface area (Å²) in [4.78, 5) is 11.6. The molecule has 8 heteroatoms. The number of ether oxygens (including phenoxy) is 2. The summed E-state index contributed by atoms with van der Waals surface area (Å²) in [5.41, 5.74) is 0. The monoisotopic (exact) mass is 367 g/mol. The van der Waals surface area contributed by atoms with E-state index >= 15 is 0 Å². The average molecular weight is 368 g/mol. The summed E-state index contributed by atoms with van der Waals surface area (Å²) < 4.78 is 27.2. The molecule has 0 saturated heterocycles. The average Bonchev–Trinajstić information content (AvgIpc) is 2.56. The van der Waals surface area contributed by atoms with Crippen LogP contribution in [-0.4, -0.2) is 51.4 Å². The Balaban J connectivity index is 3.89. The first-order valence-corrected chi connectivity index (χ1v) is 10.1. The number of rotatable bonds is 16. The molecule has 0 aromatic rings. The molecule has 0 radical (unpaired) electrons. The Bertz CT molecular complexity index is 313. The summed E-state index contributed by atoms with van der Waals surface area (Å²) in [5.74, 6) is 0.613. The lowest BCUT2D eigenvalue weighted by atomic mass is 10.3. The van der Waals surface area contributed by atoms with E-state index < -0.39 is 17.0 Å². The second-order valence-corrected chi connectivity index (χ2v) is 6.87. The van der Waals surface area contributed by atoms with Crippen LogP contribution in [0.25, 0.3) is 0 Å². The molecule has 0 atom stereocenters. The maximum Gasteiger partial charge on any atom is 0.407 e. The van der Waals surface area contributed by atoms with Gasteiger partial charge in [0.05, 0.1) is 50.2 Å². The minimum Gasteiger partial charge on any atom is -0.502 e. The highest BCUT2D eigenvalue weighted by atomic mass is 32.3. The van der Waals surface area contributed by atoms with Crippen molar-refractivity contribution in [1.29, 1.82) is 0 Å². The van der Waals surface area contributed by atoms with Gasteiger partial charge in [-0.3, -0.25) is 12.5 Å². The normalized spacial score (nSPS) is 11.8. The van der Waals surface area contributed by atoms with E-state index in [-0.39, 0.29) is 0 Å².